The van der Waals surface area contributed by atoms with Crippen molar-refractivity contribution in [3.8, 4) is 0 Å². The Bertz CT molecular complexity index is 869. The molecule has 0 bridgehead atoms. The van der Waals surface area contributed by atoms with Crippen molar-refractivity contribution in [2.24, 2.45) is 0 Å². The zero-order valence-corrected chi connectivity index (χ0v) is 17.1. The predicted octanol–water partition coefficient (Wildman–Crippen LogP) is 2.67. The van der Waals surface area contributed by atoms with Gasteiger partial charge in [0.25, 0.3) is 0 Å². The Kier molecular flexibility index (Phi) is 6.03. The highest BCUT2D eigenvalue weighted by atomic mass is 16.5. The number of oxazole rings is 1. The number of carbonyl (C=O) groups is 1. The van der Waals surface area contributed by atoms with E-state index >= 15 is 0 Å². The van der Waals surface area contributed by atoms with E-state index in [0.717, 1.165) is 56.9 Å². The average molecular weight is 403 g/mol. The lowest BCUT2D eigenvalue weighted by Crippen LogP contribution is -2.40. The summed E-state index contributed by atoms with van der Waals surface area (Å²) < 4.78 is 16.9. The Morgan fingerprint density at radius 2 is 1.93 bits per heavy atom. The van der Waals surface area contributed by atoms with E-state index in [-0.39, 0.29) is 5.56 Å². The average Bonchev–Trinajstić information content (AvgIpc) is 3.11. The first kappa shape index (κ1) is 20.1. The number of nitrogens with zero attached hydrogens (tertiary/aromatic N) is 3. The summed E-state index contributed by atoms with van der Waals surface area (Å²) in [4.78, 5) is 21.2. The smallest absolute Gasteiger partial charge is 0.338 e. The highest BCUT2D eigenvalue weighted by Gasteiger charge is 2.27. The number of fused-ring (bicyclic) bond motifs is 1. The number of hydrogen-bond donors (Lipinski definition) is 1. The molecule has 1 N–H and O–H groups in total. The minimum Gasteiger partial charge on any atom is -0.478 e. The van der Waals surface area contributed by atoms with Crippen LogP contribution in [0, 0.1) is 6.92 Å². The van der Waals surface area contributed by atoms with E-state index in [9.17, 15) is 9.90 Å². The Morgan fingerprint density at radius 1 is 1.24 bits per heavy atom. The fourth-order valence-corrected chi connectivity index (χ4v) is 4.39. The molecule has 1 aromatic carbocycles. The lowest BCUT2D eigenvalue weighted by atomic mass is 10.0. The first-order valence-corrected chi connectivity index (χ1v) is 10.4. The van der Waals surface area contributed by atoms with Crippen LogP contribution in [-0.4, -0.2) is 73.1 Å². The van der Waals surface area contributed by atoms with Gasteiger partial charge in [0.2, 0.25) is 5.89 Å². The van der Waals surface area contributed by atoms with Gasteiger partial charge in [0, 0.05) is 50.6 Å². The molecule has 2 fully saturated rings. The topological polar surface area (TPSA) is 88.3 Å². The molecule has 2 aliphatic heterocycles. The molecule has 8 heteroatoms. The number of ether oxygens (including phenoxy) is 2. The normalized spacial score (nSPS) is 19.0. The van der Waals surface area contributed by atoms with Gasteiger partial charge in [0.15, 0.2) is 5.58 Å². The van der Waals surface area contributed by atoms with Gasteiger partial charge in [-0.05, 0) is 32.3 Å². The maximum atomic E-state index is 12.1. The summed E-state index contributed by atoms with van der Waals surface area (Å²) in [6, 6.07) is 2.30. The van der Waals surface area contributed by atoms with E-state index in [1.807, 2.05) is 13.0 Å². The van der Waals surface area contributed by atoms with Crippen molar-refractivity contribution in [3.63, 3.8) is 0 Å². The quantitative estimate of drug-likeness (QED) is 0.788. The molecular formula is C21H29N3O5. The molecule has 1 aromatic heterocycles. The van der Waals surface area contributed by atoms with Crippen LogP contribution in [0.1, 0.15) is 41.6 Å². The molecule has 0 atom stereocenters. The first-order valence-electron chi connectivity index (χ1n) is 10.4. The van der Waals surface area contributed by atoms with Gasteiger partial charge in [-0.1, -0.05) is 0 Å². The second-order valence-corrected chi connectivity index (χ2v) is 7.67. The van der Waals surface area contributed by atoms with Gasteiger partial charge >= 0.3 is 5.97 Å². The summed E-state index contributed by atoms with van der Waals surface area (Å²) in [5, 5.41) is 9.94. The third-order valence-electron chi connectivity index (χ3n) is 5.92. The number of benzene rings is 1. The number of anilines is 1. The highest BCUT2D eigenvalue weighted by Crippen LogP contribution is 2.34. The van der Waals surface area contributed by atoms with Crippen molar-refractivity contribution < 1.29 is 23.8 Å². The van der Waals surface area contributed by atoms with Gasteiger partial charge in [-0.15, -0.1) is 0 Å². The van der Waals surface area contributed by atoms with Crippen molar-refractivity contribution in [2.45, 2.75) is 39.3 Å². The zero-order valence-electron chi connectivity index (χ0n) is 17.1. The molecule has 8 nitrogen and oxygen atoms in total. The van der Waals surface area contributed by atoms with Crippen molar-refractivity contribution in [3.05, 3.63) is 23.1 Å². The minimum atomic E-state index is -0.969. The maximum Gasteiger partial charge on any atom is 0.338 e. The number of rotatable bonds is 6. The van der Waals surface area contributed by atoms with E-state index in [1.54, 1.807) is 0 Å². The summed E-state index contributed by atoms with van der Waals surface area (Å²) in [6.45, 7) is 9.83. The Labute approximate surface area is 170 Å². The van der Waals surface area contributed by atoms with Crippen molar-refractivity contribution in [1.82, 2.24) is 9.88 Å². The largest absolute Gasteiger partial charge is 0.478 e. The van der Waals surface area contributed by atoms with Crippen molar-refractivity contribution in [2.75, 3.05) is 51.0 Å². The van der Waals surface area contributed by atoms with Crippen LogP contribution in [0.4, 0.5) is 5.69 Å². The second kappa shape index (κ2) is 8.69. The molecular weight excluding hydrogens is 374 g/mol. The van der Waals surface area contributed by atoms with Crippen LogP contribution in [0.5, 0.6) is 0 Å². The summed E-state index contributed by atoms with van der Waals surface area (Å²) in [5.41, 5.74) is 2.87. The Balaban J connectivity index is 1.72. The molecule has 0 radical (unpaired) electrons. The number of hydrogen-bond acceptors (Lipinski definition) is 7. The standard InChI is InChI=1S/C21H29N3O5/c1-3-24(15-4-8-27-9-5-15)16-12-17-20(19(14(16)2)21(25)26)22-18(29-17)13-23-6-10-28-11-7-23/h12,15H,3-11,13H2,1-2H3,(H,25,26). The summed E-state index contributed by atoms with van der Waals surface area (Å²) in [6.07, 6.45) is 1.87. The number of aromatic carboxylic acids is 1. The molecule has 2 saturated heterocycles. The van der Waals surface area contributed by atoms with Gasteiger partial charge in [-0.2, -0.15) is 0 Å². The third-order valence-corrected chi connectivity index (χ3v) is 5.92. The molecule has 3 heterocycles. The SMILES string of the molecule is CCN(c1cc2oc(CN3CCOCC3)nc2c(C(=O)O)c1C)C1CCOCC1. The first-order chi connectivity index (χ1) is 14.1. The van der Waals surface area contributed by atoms with E-state index < -0.39 is 5.97 Å². The van der Waals surface area contributed by atoms with Gasteiger partial charge in [-0.3, -0.25) is 4.90 Å². The third kappa shape index (κ3) is 4.10. The minimum absolute atomic E-state index is 0.236. The molecule has 0 saturated carbocycles. The van der Waals surface area contributed by atoms with Crippen LogP contribution in [0.3, 0.4) is 0 Å². The predicted molar refractivity (Wildman–Crippen MR) is 109 cm³/mol. The Hall–Kier alpha value is -2.16. The molecule has 158 valence electrons. The molecule has 2 aliphatic rings. The lowest BCUT2D eigenvalue weighted by Gasteiger charge is -2.36. The van der Waals surface area contributed by atoms with Crippen LogP contribution in [0.25, 0.3) is 11.1 Å². The molecule has 0 unspecified atom stereocenters. The molecule has 29 heavy (non-hydrogen) atoms. The fourth-order valence-electron chi connectivity index (χ4n) is 4.39. The maximum absolute atomic E-state index is 12.1. The monoisotopic (exact) mass is 403 g/mol. The van der Waals surface area contributed by atoms with Crippen LogP contribution >= 0.6 is 0 Å². The summed E-state index contributed by atoms with van der Waals surface area (Å²) >= 11 is 0. The van der Waals surface area contributed by atoms with Crippen LogP contribution in [0.2, 0.25) is 0 Å². The van der Waals surface area contributed by atoms with Gasteiger partial charge in [-0.25, -0.2) is 9.78 Å². The van der Waals surface area contributed by atoms with Crippen LogP contribution < -0.4 is 4.90 Å². The summed E-state index contributed by atoms with van der Waals surface area (Å²) in [7, 11) is 0. The van der Waals surface area contributed by atoms with Gasteiger partial charge < -0.3 is 23.9 Å². The zero-order chi connectivity index (χ0) is 20.4. The van der Waals surface area contributed by atoms with Crippen molar-refractivity contribution in [1.29, 1.82) is 0 Å². The van der Waals surface area contributed by atoms with E-state index in [0.29, 0.717) is 42.8 Å². The number of carboxylic acid groups (broad SMARTS) is 1. The van der Waals surface area contributed by atoms with E-state index in [4.69, 9.17) is 13.9 Å². The molecule has 0 aliphatic carbocycles. The van der Waals surface area contributed by atoms with Crippen molar-refractivity contribution >= 4 is 22.8 Å². The van der Waals surface area contributed by atoms with E-state index in [1.165, 1.54) is 0 Å². The Morgan fingerprint density at radius 3 is 2.59 bits per heavy atom. The number of morpholine rings is 1. The number of aromatic nitrogens is 1. The lowest BCUT2D eigenvalue weighted by molar-refractivity contribution is 0.0308. The second-order valence-electron chi connectivity index (χ2n) is 7.67. The summed E-state index contributed by atoms with van der Waals surface area (Å²) in [5.74, 6) is -0.418. The van der Waals surface area contributed by atoms with Crippen LogP contribution in [-0.2, 0) is 16.0 Å². The molecule has 0 spiro atoms. The number of carboxylic acids is 1. The fraction of sp³-hybridized carbons (Fsp3) is 0.619. The van der Waals surface area contributed by atoms with Gasteiger partial charge in [0.05, 0.1) is 25.3 Å². The van der Waals surface area contributed by atoms with Gasteiger partial charge in [0.1, 0.15) is 5.52 Å². The van der Waals surface area contributed by atoms with E-state index in [2.05, 4.69) is 21.7 Å². The molecule has 2 aromatic rings. The highest BCUT2D eigenvalue weighted by molar-refractivity contribution is 6.04. The molecule has 4 rings (SSSR count). The molecule has 0 amide bonds. The van der Waals surface area contributed by atoms with Crippen LogP contribution in [0.15, 0.2) is 10.5 Å².